The predicted octanol–water partition coefficient (Wildman–Crippen LogP) is 4.95. The quantitative estimate of drug-likeness (QED) is 0.212. The van der Waals surface area contributed by atoms with E-state index in [1.165, 1.54) is 29.8 Å². The summed E-state index contributed by atoms with van der Waals surface area (Å²) in [6.07, 6.45) is 3.41. The van der Waals surface area contributed by atoms with Crippen LogP contribution < -0.4 is 4.74 Å². The third-order valence-corrected chi connectivity index (χ3v) is 5.70. The van der Waals surface area contributed by atoms with Crippen molar-refractivity contribution in [3.63, 3.8) is 0 Å². The number of aromatic nitrogens is 2. The molecule has 10 heteroatoms. The third-order valence-electron chi connectivity index (χ3n) is 5.70. The van der Waals surface area contributed by atoms with Crippen LogP contribution in [0.3, 0.4) is 0 Å². The van der Waals surface area contributed by atoms with Crippen molar-refractivity contribution in [1.82, 2.24) is 10.2 Å². The van der Waals surface area contributed by atoms with E-state index in [1.807, 2.05) is 12.1 Å². The number of nitro groups is 1. The summed E-state index contributed by atoms with van der Waals surface area (Å²) >= 11 is 0. The molecular formula is C24H21N3O7. The van der Waals surface area contributed by atoms with Gasteiger partial charge in [0.25, 0.3) is 11.6 Å². The van der Waals surface area contributed by atoms with E-state index in [4.69, 9.17) is 18.3 Å². The van der Waals surface area contributed by atoms with Crippen molar-refractivity contribution in [3.05, 3.63) is 69.8 Å². The zero-order valence-corrected chi connectivity index (χ0v) is 18.4. The second-order valence-corrected chi connectivity index (χ2v) is 8.04. The van der Waals surface area contributed by atoms with Crippen LogP contribution in [0.15, 0.2) is 51.3 Å². The maximum Gasteiger partial charge on any atom is 0.344 e. The summed E-state index contributed by atoms with van der Waals surface area (Å²) in [5.41, 5.74) is 2.53. The molecule has 0 saturated heterocycles. The largest absolute Gasteiger partial charge is 0.482 e. The zero-order valence-electron chi connectivity index (χ0n) is 18.4. The highest BCUT2D eigenvalue weighted by Gasteiger charge is 2.21. The van der Waals surface area contributed by atoms with Gasteiger partial charge in [0.2, 0.25) is 5.89 Å². The Bertz CT molecular complexity index is 1360. The molecule has 34 heavy (non-hydrogen) atoms. The molecule has 0 fully saturated rings. The van der Waals surface area contributed by atoms with Gasteiger partial charge in [-0.15, -0.1) is 10.2 Å². The van der Waals surface area contributed by atoms with Crippen molar-refractivity contribution >= 4 is 22.6 Å². The SMILES string of the molecule is CC(OC(=O)COc1ccc2oc3c(c2c1)CCCC3)c1nnc(-c2ccc([N+](=O)[O-])cc2)o1. The van der Waals surface area contributed by atoms with Gasteiger partial charge in [0.1, 0.15) is 17.1 Å². The van der Waals surface area contributed by atoms with Crippen molar-refractivity contribution in [2.45, 2.75) is 38.7 Å². The standard InChI is InChI=1S/C24H21N3O7/c1-14(23-25-26-24(34-23)15-6-8-16(9-7-15)27(29)30)32-22(28)13-31-17-10-11-21-19(12-17)18-4-2-3-5-20(18)33-21/h6-12,14H,2-5,13H2,1H3. The molecule has 1 aliphatic carbocycles. The van der Waals surface area contributed by atoms with Crippen LogP contribution >= 0.6 is 0 Å². The predicted molar refractivity (Wildman–Crippen MR) is 119 cm³/mol. The summed E-state index contributed by atoms with van der Waals surface area (Å²) in [5, 5.41) is 19.6. The fourth-order valence-corrected chi connectivity index (χ4v) is 4.00. The molecule has 1 aliphatic rings. The molecule has 0 saturated carbocycles. The molecule has 2 heterocycles. The highest BCUT2D eigenvalue weighted by Crippen LogP contribution is 2.34. The van der Waals surface area contributed by atoms with E-state index in [9.17, 15) is 14.9 Å². The van der Waals surface area contributed by atoms with Gasteiger partial charge in [-0.1, -0.05) is 0 Å². The second kappa shape index (κ2) is 8.97. The molecule has 1 unspecified atom stereocenters. The Kier molecular flexibility index (Phi) is 5.70. The lowest BCUT2D eigenvalue weighted by molar-refractivity contribution is -0.384. The molecule has 2 aromatic heterocycles. The number of carbonyl (C=O) groups excluding carboxylic acids is 1. The second-order valence-electron chi connectivity index (χ2n) is 8.04. The Balaban J connectivity index is 1.19. The number of nitrogens with zero attached hydrogens (tertiary/aromatic N) is 3. The van der Waals surface area contributed by atoms with E-state index in [-0.39, 0.29) is 24.1 Å². The smallest absolute Gasteiger partial charge is 0.344 e. The van der Waals surface area contributed by atoms with Crippen LogP contribution in [0.2, 0.25) is 0 Å². The minimum atomic E-state index is -0.793. The molecule has 4 aromatic rings. The van der Waals surface area contributed by atoms with Crippen molar-refractivity contribution in [3.8, 4) is 17.2 Å². The summed E-state index contributed by atoms with van der Waals surface area (Å²) < 4.78 is 22.5. The molecule has 174 valence electrons. The molecule has 2 aromatic carbocycles. The molecular weight excluding hydrogens is 442 g/mol. The maximum atomic E-state index is 12.3. The van der Waals surface area contributed by atoms with Crippen LogP contribution in [0.5, 0.6) is 5.75 Å². The Morgan fingerprint density at radius 3 is 2.71 bits per heavy atom. The molecule has 1 atom stereocenters. The lowest BCUT2D eigenvalue weighted by Crippen LogP contribution is -2.17. The first-order valence-electron chi connectivity index (χ1n) is 10.9. The minimum Gasteiger partial charge on any atom is -0.482 e. The van der Waals surface area contributed by atoms with Gasteiger partial charge in [-0.2, -0.15) is 0 Å². The molecule has 0 aliphatic heterocycles. The van der Waals surface area contributed by atoms with E-state index in [0.717, 1.165) is 42.4 Å². The van der Waals surface area contributed by atoms with Crippen LogP contribution in [-0.2, 0) is 22.4 Å². The van der Waals surface area contributed by atoms with Crippen LogP contribution in [0, 0.1) is 10.1 Å². The highest BCUT2D eigenvalue weighted by molar-refractivity contribution is 5.84. The lowest BCUT2D eigenvalue weighted by atomic mass is 9.96. The fourth-order valence-electron chi connectivity index (χ4n) is 4.00. The topological polar surface area (TPSA) is 131 Å². The number of ether oxygens (including phenoxy) is 2. The third kappa shape index (κ3) is 4.34. The number of hydrogen-bond donors (Lipinski definition) is 0. The van der Waals surface area contributed by atoms with Crippen LogP contribution in [0.25, 0.3) is 22.4 Å². The monoisotopic (exact) mass is 463 g/mol. The maximum absolute atomic E-state index is 12.3. The van der Waals surface area contributed by atoms with E-state index >= 15 is 0 Å². The van der Waals surface area contributed by atoms with Gasteiger partial charge < -0.3 is 18.3 Å². The van der Waals surface area contributed by atoms with Crippen LogP contribution in [-0.4, -0.2) is 27.7 Å². The van der Waals surface area contributed by atoms with Gasteiger partial charge in [-0.3, -0.25) is 10.1 Å². The molecule has 0 spiro atoms. The van der Waals surface area contributed by atoms with Crippen LogP contribution in [0.1, 0.15) is 43.1 Å². The summed E-state index contributed by atoms with van der Waals surface area (Å²) in [6.45, 7) is 1.33. The number of aryl methyl sites for hydroxylation is 2. The number of non-ortho nitro benzene ring substituents is 1. The summed E-state index contributed by atoms with van der Waals surface area (Å²) in [5.74, 6) is 1.29. The molecule has 0 amide bonds. The number of fused-ring (bicyclic) bond motifs is 3. The van der Waals surface area contributed by atoms with Gasteiger partial charge in [0, 0.05) is 35.1 Å². The average Bonchev–Trinajstić information content (AvgIpc) is 3.48. The number of benzene rings is 2. The van der Waals surface area contributed by atoms with Crippen molar-refractivity contribution in [2.24, 2.45) is 0 Å². The molecule has 10 nitrogen and oxygen atoms in total. The number of rotatable bonds is 7. The van der Waals surface area contributed by atoms with Crippen molar-refractivity contribution < 1.29 is 28.0 Å². The molecule has 5 rings (SSSR count). The highest BCUT2D eigenvalue weighted by atomic mass is 16.6. The number of hydrogen-bond acceptors (Lipinski definition) is 9. The zero-order chi connectivity index (χ0) is 23.7. The van der Waals surface area contributed by atoms with Gasteiger partial charge in [0.05, 0.1) is 4.92 Å². The normalized spacial score (nSPS) is 13.9. The first kappa shape index (κ1) is 21.6. The van der Waals surface area contributed by atoms with Crippen LogP contribution in [0.4, 0.5) is 5.69 Å². The van der Waals surface area contributed by atoms with Gasteiger partial charge in [-0.05, 0) is 56.5 Å². The summed E-state index contributed by atoms with van der Waals surface area (Å²) in [4.78, 5) is 22.6. The summed E-state index contributed by atoms with van der Waals surface area (Å²) in [6, 6.07) is 11.2. The number of nitro benzene ring substituents is 1. The van der Waals surface area contributed by atoms with Gasteiger partial charge in [-0.25, -0.2) is 4.79 Å². The van der Waals surface area contributed by atoms with Gasteiger partial charge in [0.15, 0.2) is 12.7 Å². The molecule has 0 radical (unpaired) electrons. The van der Waals surface area contributed by atoms with E-state index in [1.54, 1.807) is 13.0 Å². The Morgan fingerprint density at radius 1 is 1.12 bits per heavy atom. The molecule has 0 bridgehead atoms. The summed E-state index contributed by atoms with van der Waals surface area (Å²) in [7, 11) is 0. The average molecular weight is 463 g/mol. The van der Waals surface area contributed by atoms with E-state index in [0.29, 0.717) is 11.3 Å². The number of carbonyl (C=O) groups is 1. The fraction of sp³-hybridized carbons (Fsp3) is 0.292. The molecule has 0 N–H and O–H groups in total. The number of furan rings is 1. The van der Waals surface area contributed by atoms with E-state index in [2.05, 4.69) is 10.2 Å². The lowest BCUT2D eigenvalue weighted by Gasteiger charge is -2.11. The van der Waals surface area contributed by atoms with Crippen molar-refractivity contribution in [1.29, 1.82) is 0 Å². The number of esters is 1. The van der Waals surface area contributed by atoms with Gasteiger partial charge >= 0.3 is 5.97 Å². The Hall–Kier alpha value is -4.21. The first-order valence-corrected chi connectivity index (χ1v) is 10.9. The minimum absolute atomic E-state index is 0.0439. The first-order chi connectivity index (χ1) is 16.5. The Morgan fingerprint density at radius 2 is 1.91 bits per heavy atom. The van der Waals surface area contributed by atoms with E-state index < -0.39 is 17.0 Å². The van der Waals surface area contributed by atoms with Crippen molar-refractivity contribution in [2.75, 3.05) is 6.61 Å². The Labute approximate surface area is 193 Å².